The maximum atomic E-state index is 6.32. The zero-order valence-electron chi connectivity index (χ0n) is 11.9. The monoisotopic (exact) mass is 321 g/mol. The van der Waals surface area contributed by atoms with Gasteiger partial charge in [-0.2, -0.15) is 0 Å². The van der Waals surface area contributed by atoms with Crippen molar-refractivity contribution in [3.63, 3.8) is 0 Å². The molecule has 2 aromatic rings. The molecule has 0 radical (unpaired) electrons. The number of aromatic nitrogens is 2. The maximum absolute atomic E-state index is 6.32. The van der Waals surface area contributed by atoms with Gasteiger partial charge in [0.05, 0.1) is 15.7 Å². The van der Waals surface area contributed by atoms with Crippen molar-refractivity contribution in [1.29, 1.82) is 0 Å². The molecule has 1 heterocycles. The maximum Gasteiger partial charge on any atom is 0.134 e. The van der Waals surface area contributed by atoms with E-state index in [1.807, 2.05) is 18.2 Å². The summed E-state index contributed by atoms with van der Waals surface area (Å²) in [5.41, 5.74) is 1.69. The Morgan fingerprint density at radius 1 is 1.24 bits per heavy atom. The van der Waals surface area contributed by atoms with E-state index in [0.29, 0.717) is 16.0 Å². The Balaban J connectivity index is 2.03. The van der Waals surface area contributed by atoms with Gasteiger partial charge in [0.15, 0.2) is 0 Å². The highest BCUT2D eigenvalue weighted by molar-refractivity contribution is 6.43. The molecule has 1 saturated carbocycles. The predicted molar refractivity (Wildman–Crippen MR) is 88.2 cm³/mol. The van der Waals surface area contributed by atoms with E-state index >= 15 is 0 Å². The average molecular weight is 322 g/mol. The Hall–Kier alpha value is -1.32. The molecule has 1 aromatic carbocycles. The quantitative estimate of drug-likeness (QED) is 0.827. The fourth-order valence-electron chi connectivity index (χ4n) is 2.17. The molecule has 0 bridgehead atoms. The molecule has 21 heavy (non-hydrogen) atoms. The Morgan fingerprint density at radius 2 is 2.05 bits per heavy atom. The molecule has 1 N–H and O–H groups in total. The molecule has 110 valence electrons. The molecule has 1 aliphatic carbocycles. The van der Waals surface area contributed by atoms with Crippen molar-refractivity contribution in [3.05, 3.63) is 40.1 Å². The largest absolute Gasteiger partial charge is 0.370 e. The topological polar surface area (TPSA) is 37.8 Å². The molecule has 0 saturated heterocycles. The second kappa shape index (κ2) is 6.20. The van der Waals surface area contributed by atoms with Crippen molar-refractivity contribution in [2.24, 2.45) is 0 Å². The van der Waals surface area contributed by atoms with Crippen LogP contribution in [0.15, 0.2) is 24.3 Å². The van der Waals surface area contributed by atoms with Gasteiger partial charge >= 0.3 is 0 Å². The number of halogens is 2. The first kappa shape index (κ1) is 14.6. The van der Waals surface area contributed by atoms with Gasteiger partial charge in [-0.3, -0.25) is 0 Å². The Labute approximate surface area is 134 Å². The Morgan fingerprint density at radius 3 is 2.76 bits per heavy atom. The van der Waals surface area contributed by atoms with Crippen molar-refractivity contribution in [2.45, 2.75) is 32.1 Å². The standard InChI is InChI=1S/C16H17Cl2N3/c1-2-8-19-14-9-13(20-16(21-14)10-6-7-10)11-4-3-5-12(17)15(11)18/h3-5,9-10H,2,6-8H2,1H3,(H,19,20,21). The van der Waals surface area contributed by atoms with E-state index in [0.717, 1.165) is 35.9 Å². The average Bonchev–Trinajstić information content (AvgIpc) is 3.32. The number of hydrogen-bond donors (Lipinski definition) is 1. The normalized spacial score (nSPS) is 14.2. The summed E-state index contributed by atoms with van der Waals surface area (Å²) in [5.74, 6) is 2.26. The molecule has 3 nitrogen and oxygen atoms in total. The lowest BCUT2D eigenvalue weighted by molar-refractivity contribution is 0.911. The Kier molecular flexibility index (Phi) is 4.32. The molecule has 0 unspecified atom stereocenters. The van der Waals surface area contributed by atoms with Crippen LogP contribution in [0.1, 0.15) is 37.9 Å². The Bertz CT molecular complexity index is 654. The van der Waals surface area contributed by atoms with Crippen LogP contribution in [-0.4, -0.2) is 16.5 Å². The van der Waals surface area contributed by atoms with Crippen molar-refractivity contribution < 1.29 is 0 Å². The minimum Gasteiger partial charge on any atom is -0.370 e. The van der Waals surface area contributed by atoms with Crippen LogP contribution in [0.25, 0.3) is 11.3 Å². The summed E-state index contributed by atoms with van der Waals surface area (Å²) in [6, 6.07) is 7.56. The summed E-state index contributed by atoms with van der Waals surface area (Å²) < 4.78 is 0. The fourth-order valence-corrected chi connectivity index (χ4v) is 2.57. The number of anilines is 1. The van der Waals surface area contributed by atoms with Crippen LogP contribution in [0, 0.1) is 0 Å². The van der Waals surface area contributed by atoms with E-state index in [1.54, 1.807) is 6.07 Å². The van der Waals surface area contributed by atoms with Crippen molar-refractivity contribution in [1.82, 2.24) is 9.97 Å². The van der Waals surface area contributed by atoms with Gasteiger partial charge in [-0.1, -0.05) is 42.3 Å². The van der Waals surface area contributed by atoms with Gasteiger partial charge in [0.1, 0.15) is 11.6 Å². The lowest BCUT2D eigenvalue weighted by Crippen LogP contribution is -2.05. The smallest absolute Gasteiger partial charge is 0.134 e. The lowest BCUT2D eigenvalue weighted by atomic mass is 10.1. The zero-order chi connectivity index (χ0) is 14.8. The molecule has 0 spiro atoms. The minimum absolute atomic E-state index is 0.491. The van der Waals surface area contributed by atoms with E-state index in [-0.39, 0.29) is 0 Å². The van der Waals surface area contributed by atoms with Gasteiger partial charge in [-0.15, -0.1) is 0 Å². The summed E-state index contributed by atoms with van der Waals surface area (Å²) in [6.07, 6.45) is 3.38. The van der Waals surface area contributed by atoms with Crippen LogP contribution in [0.5, 0.6) is 0 Å². The van der Waals surface area contributed by atoms with Crippen LogP contribution in [0.2, 0.25) is 10.0 Å². The van der Waals surface area contributed by atoms with Crippen LogP contribution in [0.3, 0.4) is 0 Å². The fraction of sp³-hybridized carbons (Fsp3) is 0.375. The van der Waals surface area contributed by atoms with Gasteiger partial charge in [0.2, 0.25) is 0 Å². The highest BCUT2D eigenvalue weighted by atomic mass is 35.5. The first-order valence-corrected chi connectivity index (χ1v) is 8.02. The predicted octanol–water partition coefficient (Wildman–Crippen LogP) is 5.15. The molecule has 0 aliphatic heterocycles. The minimum atomic E-state index is 0.491. The third-order valence-electron chi connectivity index (χ3n) is 3.47. The van der Waals surface area contributed by atoms with E-state index < -0.39 is 0 Å². The van der Waals surface area contributed by atoms with Crippen LogP contribution < -0.4 is 5.32 Å². The van der Waals surface area contributed by atoms with Crippen LogP contribution in [-0.2, 0) is 0 Å². The van der Waals surface area contributed by atoms with Gasteiger partial charge in [0, 0.05) is 24.1 Å². The van der Waals surface area contributed by atoms with E-state index in [1.165, 1.54) is 12.8 Å². The summed E-state index contributed by atoms with van der Waals surface area (Å²) in [7, 11) is 0. The number of rotatable bonds is 5. The second-order valence-electron chi connectivity index (χ2n) is 5.30. The van der Waals surface area contributed by atoms with E-state index in [2.05, 4.69) is 22.2 Å². The SMILES string of the molecule is CCCNc1cc(-c2cccc(Cl)c2Cl)nc(C2CC2)n1. The molecule has 0 atom stereocenters. The molecule has 1 aliphatic rings. The molecule has 0 amide bonds. The summed E-state index contributed by atoms with van der Waals surface area (Å²) in [5, 5.41) is 4.42. The van der Waals surface area contributed by atoms with Gasteiger partial charge < -0.3 is 5.32 Å². The number of nitrogens with zero attached hydrogens (tertiary/aromatic N) is 2. The second-order valence-corrected chi connectivity index (χ2v) is 6.08. The highest BCUT2D eigenvalue weighted by Crippen LogP contribution is 2.40. The molecule has 1 fully saturated rings. The number of hydrogen-bond acceptors (Lipinski definition) is 3. The molecule has 1 aromatic heterocycles. The highest BCUT2D eigenvalue weighted by Gasteiger charge is 2.27. The summed E-state index contributed by atoms with van der Waals surface area (Å²) in [6.45, 7) is 3.02. The van der Waals surface area contributed by atoms with Crippen molar-refractivity contribution in [3.8, 4) is 11.3 Å². The number of benzene rings is 1. The molecular weight excluding hydrogens is 305 g/mol. The van der Waals surface area contributed by atoms with E-state index in [4.69, 9.17) is 23.2 Å². The van der Waals surface area contributed by atoms with Crippen molar-refractivity contribution >= 4 is 29.0 Å². The lowest BCUT2D eigenvalue weighted by Gasteiger charge is -2.11. The summed E-state index contributed by atoms with van der Waals surface area (Å²) in [4.78, 5) is 9.29. The van der Waals surface area contributed by atoms with E-state index in [9.17, 15) is 0 Å². The van der Waals surface area contributed by atoms with Gasteiger partial charge in [-0.25, -0.2) is 9.97 Å². The van der Waals surface area contributed by atoms with Crippen LogP contribution >= 0.6 is 23.2 Å². The van der Waals surface area contributed by atoms with Crippen LogP contribution in [0.4, 0.5) is 5.82 Å². The number of nitrogens with one attached hydrogen (secondary N) is 1. The molecule has 5 heteroatoms. The van der Waals surface area contributed by atoms with Crippen molar-refractivity contribution in [2.75, 3.05) is 11.9 Å². The third kappa shape index (κ3) is 3.30. The molecule has 3 rings (SSSR count). The first-order valence-electron chi connectivity index (χ1n) is 7.26. The van der Waals surface area contributed by atoms with Gasteiger partial charge in [-0.05, 0) is 25.3 Å². The zero-order valence-corrected chi connectivity index (χ0v) is 13.4. The first-order chi connectivity index (χ1) is 10.2. The van der Waals surface area contributed by atoms with Gasteiger partial charge in [0.25, 0.3) is 0 Å². The third-order valence-corrected chi connectivity index (χ3v) is 4.29. The summed E-state index contributed by atoms with van der Waals surface area (Å²) >= 11 is 12.4. The molecular formula is C16H17Cl2N3.